The Morgan fingerprint density at radius 3 is 2.35 bits per heavy atom. The van der Waals surface area contributed by atoms with Gasteiger partial charge in [-0.3, -0.25) is 4.79 Å². The van der Waals surface area contributed by atoms with Crippen LogP contribution in [0.2, 0.25) is 5.02 Å². The second-order valence-electron chi connectivity index (χ2n) is 4.43. The maximum absolute atomic E-state index is 11.0. The number of hydrogen-bond acceptors (Lipinski definition) is 2. The van der Waals surface area contributed by atoms with Gasteiger partial charge in [0.2, 0.25) is 0 Å². The molecule has 2 rings (SSSR count). The average Bonchev–Trinajstić information content (AvgIpc) is 2.46. The lowest BCUT2D eigenvalue weighted by Crippen LogP contribution is -2.03. The molecule has 0 radical (unpaired) electrons. The van der Waals surface area contributed by atoms with Crippen LogP contribution < -0.4 is 0 Å². The zero-order chi connectivity index (χ0) is 14.4. The third-order valence-corrected chi connectivity index (χ3v) is 4.49. The number of rotatable bonds is 6. The van der Waals surface area contributed by atoms with Crippen LogP contribution in [0, 0.1) is 0 Å². The summed E-state index contributed by atoms with van der Waals surface area (Å²) in [5.74, 6) is -0.00763. The molecule has 2 nitrogen and oxygen atoms in total. The summed E-state index contributed by atoms with van der Waals surface area (Å²) in [6, 6.07) is 17.4. The first-order valence-corrected chi connectivity index (χ1v) is 7.70. The monoisotopic (exact) mass is 306 g/mol. The summed E-state index contributed by atoms with van der Waals surface area (Å²) in [4.78, 5) is 11.0. The van der Waals surface area contributed by atoms with Gasteiger partial charge in [0, 0.05) is 16.0 Å². The molecule has 20 heavy (non-hydrogen) atoms. The lowest BCUT2D eigenvalue weighted by atomic mass is 10.1. The molecule has 2 aromatic rings. The van der Waals surface area contributed by atoms with Gasteiger partial charge in [0.15, 0.2) is 0 Å². The zero-order valence-corrected chi connectivity index (χ0v) is 12.4. The molecule has 1 unspecified atom stereocenters. The van der Waals surface area contributed by atoms with Crippen molar-refractivity contribution < 1.29 is 9.90 Å². The second kappa shape index (κ2) is 7.36. The van der Waals surface area contributed by atoms with Crippen LogP contribution in [0.25, 0.3) is 0 Å². The van der Waals surface area contributed by atoms with Crippen LogP contribution in [0.4, 0.5) is 0 Å². The highest BCUT2D eigenvalue weighted by atomic mass is 35.5. The average molecular weight is 307 g/mol. The summed E-state index contributed by atoms with van der Waals surface area (Å²) in [5, 5.41) is 9.72. The number of aliphatic carboxylic acids is 1. The minimum Gasteiger partial charge on any atom is -0.481 e. The van der Waals surface area contributed by atoms with E-state index < -0.39 is 5.97 Å². The van der Waals surface area contributed by atoms with Gasteiger partial charge in [-0.1, -0.05) is 54.1 Å². The smallest absolute Gasteiger partial charge is 0.304 e. The first kappa shape index (κ1) is 14.9. The lowest BCUT2D eigenvalue weighted by molar-refractivity contribution is -0.137. The minimum absolute atomic E-state index is 0.0376. The van der Waals surface area contributed by atoms with Crippen LogP contribution in [0.5, 0.6) is 0 Å². The lowest BCUT2D eigenvalue weighted by Gasteiger charge is -2.15. The van der Waals surface area contributed by atoms with Crippen LogP contribution in [0.1, 0.15) is 22.8 Å². The van der Waals surface area contributed by atoms with Crippen LogP contribution in [0.3, 0.4) is 0 Å². The van der Waals surface area contributed by atoms with E-state index >= 15 is 0 Å². The standard InChI is InChI=1S/C16H15ClO2S/c17-14-8-6-12(7-9-14)11-20-15(10-16(18)19)13-4-2-1-3-5-13/h1-9,15H,10-11H2,(H,18,19). The highest BCUT2D eigenvalue weighted by molar-refractivity contribution is 7.98. The van der Waals surface area contributed by atoms with E-state index in [1.807, 2.05) is 54.6 Å². The van der Waals surface area contributed by atoms with E-state index in [4.69, 9.17) is 16.7 Å². The quantitative estimate of drug-likeness (QED) is 0.833. The third kappa shape index (κ3) is 4.58. The third-order valence-electron chi connectivity index (χ3n) is 2.90. The van der Waals surface area contributed by atoms with Crippen LogP contribution in [0.15, 0.2) is 54.6 Å². The fourth-order valence-electron chi connectivity index (χ4n) is 1.88. The Bertz CT molecular complexity index is 554. The number of hydrogen-bond donors (Lipinski definition) is 1. The molecule has 0 bridgehead atoms. The predicted molar refractivity (Wildman–Crippen MR) is 84.2 cm³/mol. The Morgan fingerprint density at radius 2 is 1.75 bits per heavy atom. The molecule has 104 valence electrons. The second-order valence-corrected chi connectivity index (χ2v) is 6.06. The Kier molecular flexibility index (Phi) is 5.50. The Morgan fingerprint density at radius 1 is 1.10 bits per heavy atom. The van der Waals surface area contributed by atoms with E-state index in [1.54, 1.807) is 11.8 Å². The number of halogens is 1. The zero-order valence-electron chi connectivity index (χ0n) is 10.8. The summed E-state index contributed by atoms with van der Waals surface area (Å²) in [5.41, 5.74) is 2.19. The summed E-state index contributed by atoms with van der Waals surface area (Å²) in [7, 11) is 0. The topological polar surface area (TPSA) is 37.3 Å². The van der Waals surface area contributed by atoms with Crippen molar-refractivity contribution in [3.8, 4) is 0 Å². The van der Waals surface area contributed by atoms with E-state index in [2.05, 4.69) is 0 Å². The van der Waals surface area contributed by atoms with Gasteiger partial charge in [0.05, 0.1) is 6.42 Å². The van der Waals surface area contributed by atoms with Gasteiger partial charge < -0.3 is 5.11 Å². The van der Waals surface area contributed by atoms with Crippen molar-refractivity contribution in [2.24, 2.45) is 0 Å². The van der Waals surface area contributed by atoms with Gasteiger partial charge in [-0.15, -0.1) is 11.8 Å². The molecular weight excluding hydrogens is 292 g/mol. The molecule has 0 heterocycles. The van der Waals surface area contributed by atoms with Crippen molar-refractivity contribution in [2.75, 3.05) is 0 Å². The van der Waals surface area contributed by atoms with E-state index in [1.165, 1.54) is 0 Å². The minimum atomic E-state index is -0.776. The normalized spacial score (nSPS) is 12.1. The van der Waals surface area contributed by atoms with Crippen molar-refractivity contribution in [1.82, 2.24) is 0 Å². The first-order chi connectivity index (χ1) is 9.65. The van der Waals surface area contributed by atoms with Gasteiger partial charge in [0.25, 0.3) is 0 Å². The molecule has 0 saturated heterocycles. The van der Waals surface area contributed by atoms with Crippen LogP contribution >= 0.6 is 23.4 Å². The van der Waals surface area contributed by atoms with Crippen molar-refractivity contribution in [2.45, 2.75) is 17.4 Å². The Balaban J connectivity index is 2.04. The molecule has 0 aromatic heterocycles. The van der Waals surface area contributed by atoms with Crippen molar-refractivity contribution >= 4 is 29.3 Å². The van der Waals surface area contributed by atoms with E-state index in [0.717, 1.165) is 16.9 Å². The van der Waals surface area contributed by atoms with Gasteiger partial charge in [-0.25, -0.2) is 0 Å². The first-order valence-electron chi connectivity index (χ1n) is 6.28. The van der Waals surface area contributed by atoms with E-state index in [9.17, 15) is 4.79 Å². The van der Waals surface area contributed by atoms with Crippen molar-refractivity contribution in [3.05, 3.63) is 70.7 Å². The molecule has 0 amide bonds. The number of benzene rings is 2. The Labute approximate surface area is 127 Å². The molecule has 0 spiro atoms. The highest BCUT2D eigenvalue weighted by Crippen LogP contribution is 2.34. The summed E-state index contributed by atoms with van der Waals surface area (Å²) >= 11 is 7.49. The van der Waals surface area contributed by atoms with Crippen LogP contribution in [-0.2, 0) is 10.5 Å². The number of carbonyl (C=O) groups is 1. The van der Waals surface area contributed by atoms with Gasteiger partial charge in [-0.2, -0.15) is 0 Å². The number of carboxylic acid groups (broad SMARTS) is 1. The summed E-state index contributed by atoms with van der Waals surface area (Å²) in [6.07, 6.45) is 0.127. The Hall–Kier alpha value is -1.45. The van der Waals surface area contributed by atoms with Gasteiger partial charge >= 0.3 is 5.97 Å². The highest BCUT2D eigenvalue weighted by Gasteiger charge is 2.15. The molecule has 2 aromatic carbocycles. The van der Waals surface area contributed by atoms with Gasteiger partial charge in [0.1, 0.15) is 0 Å². The SMILES string of the molecule is O=C(O)CC(SCc1ccc(Cl)cc1)c1ccccc1. The molecule has 1 atom stereocenters. The fourth-order valence-corrected chi connectivity index (χ4v) is 3.20. The van der Waals surface area contributed by atoms with Crippen molar-refractivity contribution in [3.63, 3.8) is 0 Å². The largest absolute Gasteiger partial charge is 0.481 e. The maximum Gasteiger partial charge on any atom is 0.304 e. The maximum atomic E-state index is 11.0. The molecule has 0 aliphatic heterocycles. The predicted octanol–water partition coefficient (Wildman–Crippen LogP) is 4.79. The van der Waals surface area contributed by atoms with Crippen LogP contribution in [-0.4, -0.2) is 11.1 Å². The van der Waals surface area contributed by atoms with Crippen molar-refractivity contribution in [1.29, 1.82) is 0 Å². The van der Waals surface area contributed by atoms with E-state index in [0.29, 0.717) is 5.02 Å². The van der Waals surface area contributed by atoms with Gasteiger partial charge in [-0.05, 0) is 23.3 Å². The summed E-state index contributed by atoms with van der Waals surface area (Å²) in [6.45, 7) is 0. The molecule has 0 aliphatic carbocycles. The molecule has 4 heteroatoms. The molecule has 0 saturated carbocycles. The molecule has 1 N–H and O–H groups in total. The van der Waals surface area contributed by atoms with E-state index in [-0.39, 0.29) is 11.7 Å². The molecular formula is C16H15ClO2S. The number of thioether (sulfide) groups is 1. The molecule has 0 fully saturated rings. The summed E-state index contributed by atoms with van der Waals surface area (Å²) < 4.78 is 0. The fraction of sp³-hybridized carbons (Fsp3) is 0.188. The number of carboxylic acids is 1. The molecule has 0 aliphatic rings.